The number of aliphatic hydroxyl groups is 1. The van der Waals surface area contributed by atoms with Gasteiger partial charge in [0.25, 0.3) is 5.91 Å². The molecule has 3 rings (SSSR count). The van der Waals surface area contributed by atoms with Crippen LogP contribution < -0.4 is 0 Å². The van der Waals surface area contributed by atoms with Crippen LogP contribution in [-0.2, 0) is 9.59 Å². The Morgan fingerprint density at radius 3 is 2.46 bits per heavy atom. The summed E-state index contributed by atoms with van der Waals surface area (Å²) in [5.74, 6) is -2.24. The Morgan fingerprint density at radius 1 is 1.25 bits per heavy atom. The molecular weight excluding hydrogens is 309 g/mol. The summed E-state index contributed by atoms with van der Waals surface area (Å²) in [6, 6.07) is 5.25. The van der Waals surface area contributed by atoms with Gasteiger partial charge in [0, 0.05) is 17.5 Å². The quantitative estimate of drug-likeness (QED) is 0.915. The van der Waals surface area contributed by atoms with Crippen LogP contribution >= 0.6 is 0 Å². The molecule has 0 saturated heterocycles. The molecule has 1 unspecified atom stereocenters. The number of halogens is 1. The molecule has 5 heteroatoms. The third-order valence-electron chi connectivity index (χ3n) is 4.95. The number of aliphatic hydroxyl groups excluding tert-OH is 1. The zero-order valence-corrected chi connectivity index (χ0v) is 14.0. The number of ketones is 1. The van der Waals surface area contributed by atoms with E-state index in [-0.39, 0.29) is 28.9 Å². The Morgan fingerprint density at radius 2 is 1.88 bits per heavy atom. The average molecular weight is 331 g/mol. The molecule has 0 radical (unpaired) electrons. The summed E-state index contributed by atoms with van der Waals surface area (Å²) in [4.78, 5) is 26.8. The van der Waals surface area contributed by atoms with Crippen LogP contribution in [0.15, 0.2) is 35.6 Å². The monoisotopic (exact) mass is 331 g/mol. The van der Waals surface area contributed by atoms with E-state index < -0.39 is 23.5 Å². The summed E-state index contributed by atoms with van der Waals surface area (Å²) < 4.78 is 14.4. The molecule has 1 N–H and O–H groups in total. The van der Waals surface area contributed by atoms with Gasteiger partial charge in [-0.15, -0.1) is 0 Å². The molecule has 24 heavy (non-hydrogen) atoms. The molecule has 1 aliphatic carbocycles. The fraction of sp³-hybridized carbons (Fsp3) is 0.474. The van der Waals surface area contributed by atoms with Gasteiger partial charge in [-0.05, 0) is 18.9 Å². The Hall–Kier alpha value is -2.17. The van der Waals surface area contributed by atoms with Gasteiger partial charge in [0.2, 0.25) is 0 Å². The number of hydrogen-bond acceptors (Lipinski definition) is 3. The molecule has 128 valence electrons. The molecule has 1 atom stereocenters. The van der Waals surface area contributed by atoms with Crippen LogP contribution in [-0.4, -0.2) is 27.7 Å². The van der Waals surface area contributed by atoms with Crippen LogP contribution in [0.2, 0.25) is 0 Å². The highest BCUT2D eigenvalue weighted by molar-refractivity contribution is 6.09. The van der Waals surface area contributed by atoms with Crippen LogP contribution in [0.1, 0.15) is 51.1 Å². The fourth-order valence-corrected chi connectivity index (χ4v) is 3.75. The van der Waals surface area contributed by atoms with Gasteiger partial charge in [-0.1, -0.05) is 44.9 Å². The number of carbonyl (C=O) groups is 2. The molecule has 1 heterocycles. The van der Waals surface area contributed by atoms with Gasteiger partial charge in [0.1, 0.15) is 5.82 Å². The summed E-state index contributed by atoms with van der Waals surface area (Å²) >= 11 is 0. The lowest BCUT2D eigenvalue weighted by Crippen LogP contribution is -2.39. The summed E-state index contributed by atoms with van der Waals surface area (Å²) in [7, 11) is 0. The number of hydrogen-bond donors (Lipinski definition) is 1. The second-order valence-electron chi connectivity index (χ2n) is 6.86. The highest BCUT2D eigenvalue weighted by atomic mass is 19.1. The van der Waals surface area contributed by atoms with E-state index in [9.17, 15) is 19.1 Å². The minimum Gasteiger partial charge on any atom is -0.503 e. The number of nitrogens with zero attached hydrogens (tertiary/aromatic N) is 1. The minimum atomic E-state index is -0.836. The zero-order chi connectivity index (χ0) is 17.4. The second kappa shape index (κ2) is 6.38. The predicted molar refractivity (Wildman–Crippen MR) is 87.7 cm³/mol. The van der Waals surface area contributed by atoms with Gasteiger partial charge in [0.05, 0.1) is 11.6 Å². The first kappa shape index (κ1) is 16.7. The summed E-state index contributed by atoms with van der Waals surface area (Å²) in [5.41, 5.74) is 0.304. The minimum absolute atomic E-state index is 0.0343. The third kappa shape index (κ3) is 2.62. The van der Waals surface area contributed by atoms with E-state index in [1.54, 1.807) is 32.0 Å². The number of carbonyl (C=O) groups excluding carboxylic acids is 2. The van der Waals surface area contributed by atoms with E-state index in [0.717, 1.165) is 25.7 Å². The van der Waals surface area contributed by atoms with E-state index in [1.165, 1.54) is 11.0 Å². The van der Waals surface area contributed by atoms with Crippen molar-refractivity contribution < 1.29 is 19.1 Å². The maximum absolute atomic E-state index is 14.4. The molecule has 1 amide bonds. The predicted octanol–water partition coefficient (Wildman–Crippen LogP) is 3.69. The molecule has 4 nitrogen and oxygen atoms in total. The molecule has 0 aromatic heterocycles. The topological polar surface area (TPSA) is 57.6 Å². The maximum Gasteiger partial charge on any atom is 0.290 e. The van der Waals surface area contributed by atoms with Crippen LogP contribution in [0.4, 0.5) is 4.39 Å². The normalized spacial score (nSPS) is 22.1. The SMILES string of the molecule is CC(C)C(=O)C1=C(O)C(=O)N(C2CCCC2)C1c1ccccc1F. The molecule has 2 aliphatic rings. The number of rotatable bonds is 4. The molecule has 1 aromatic carbocycles. The largest absolute Gasteiger partial charge is 0.503 e. The highest BCUT2D eigenvalue weighted by Crippen LogP contribution is 2.43. The first-order chi connectivity index (χ1) is 11.4. The van der Waals surface area contributed by atoms with E-state index in [4.69, 9.17) is 0 Å². The van der Waals surface area contributed by atoms with Crippen molar-refractivity contribution in [1.29, 1.82) is 0 Å². The van der Waals surface area contributed by atoms with Gasteiger partial charge < -0.3 is 10.0 Å². The summed E-state index contributed by atoms with van der Waals surface area (Å²) in [5, 5.41) is 10.4. The molecule has 1 fully saturated rings. The van der Waals surface area contributed by atoms with Crippen molar-refractivity contribution in [1.82, 2.24) is 4.90 Å². The summed E-state index contributed by atoms with van der Waals surface area (Å²) in [6.45, 7) is 3.42. The fourth-order valence-electron chi connectivity index (χ4n) is 3.75. The van der Waals surface area contributed by atoms with Crippen LogP contribution in [0.3, 0.4) is 0 Å². The Kier molecular flexibility index (Phi) is 4.43. The van der Waals surface area contributed by atoms with Crippen molar-refractivity contribution in [2.75, 3.05) is 0 Å². The van der Waals surface area contributed by atoms with Crippen LogP contribution in [0, 0.1) is 11.7 Å². The van der Waals surface area contributed by atoms with E-state index in [0.29, 0.717) is 0 Å². The molecular formula is C19H22FNO3. The number of benzene rings is 1. The van der Waals surface area contributed by atoms with Gasteiger partial charge >= 0.3 is 0 Å². The molecule has 1 aromatic rings. The Bertz CT molecular complexity index is 704. The molecule has 1 aliphatic heterocycles. The maximum atomic E-state index is 14.4. The summed E-state index contributed by atoms with van der Waals surface area (Å²) in [6.07, 6.45) is 3.61. The zero-order valence-electron chi connectivity index (χ0n) is 14.0. The first-order valence-electron chi connectivity index (χ1n) is 8.48. The standard InChI is InChI=1S/C19H22FNO3/c1-11(2)17(22)15-16(13-9-5-6-10-14(13)20)21(19(24)18(15)23)12-7-3-4-8-12/h5-6,9-12,16,23H,3-4,7-8H2,1-2H3. The number of Topliss-reactive ketones (excluding diaryl/α,β-unsaturated/α-hetero) is 1. The van der Waals surface area contributed by atoms with Gasteiger partial charge in [0.15, 0.2) is 11.5 Å². The Balaban J connectivity index is 2.13. The highest BCUT2D eigenvalue weighted by Gasteiger charge is 2.47. The van der Waals surface area contributed by atoms with Gasteiger partial charge in [-0.25, -0.2) is 4.39 Å². The van der Waals surface area contributed by atoms with Crippen molar-refractivity contribution in [3.05, 3.63) is 47.0 Å². The van der Waals surface area contributed by atoms with E-state index >= 15 is 0 Å². The van der Waals surface area contributed by atoms with Gasteiger partial charge in [-0.2, -0.15) is 0 Å². The second-order valence-corrected chi connectivity index (χ2v) is 6.86. The molecule has 1 saturated carbocycles. The van der Waals surface area contributed by atoms with Crippen molar-refractivity contribution in [2.24, 2.45) is 5.92 Å². The van der Waals surface area contributed by atoms with Crippen molar-refractivity contribution >= 4 is 11.7 Å². The van der Waals surface area contributed by atoms with Crippen molar-refractivity contribution in [3.8, 4) is 0 Å². The van der Waals surface area contributed by atoms with Crippen molar-refractivity contribution in [2.45, 2.75) is 51.6 Å². The van der Waals surface area contributed by atoms with Crippen molar-refractivity contribution in [3.63, 3.8) is 0 Å². The Labute approximate surface area is 141 Å². The average Bonchev–Trinajstić information content (AvgIpc) is 3.15. The van der Waals surface area contributed by atoms with E-state index in [2.05, 4.69) is 0 Å². The lowest BCUT2D eigenvalue weighted by atomic mass is 9.90. The van der Waals surface area contributed by atoms with Crippen LogP contribution in [0.25, 0.3) is 0 Å². The van der Waals surface area contributed by atoms with Crippen LogP contribution in [0.5, 0.6) is 0 Å². The van der Waals surface area contributed by atoms with Gasteiger partial charge in [-0.3, -0.25) is 9.59 Å². The lowest BCUT2D eigenvalue weighted by molar-refractivity contribution is -0.131. The smallest absolute Gasteiger partial charge is 0.290 e. The van der Waals surface area contributed by atoms with E-state index in [1.807, 2.05) is 0 Å². The lowest BCUT2D eigenvalue weighted by Gasteiger charge is -2.32. The molecule has 0 bridgehead atoms. The third-order valence-corrected chi connectivity index (χ3v) is 4.95. The first-order valence-corrected chi connectivity index (χ1v) is 8.48. The number of amides is 1. The molecule has 0 spiro atoms.